The smallest absolute Gasteiger partial charge is 0.352 e. The molecule has 1 aliphatic heterocycles. The topological polar surface area (TPSA) is 32.3 Å². The van der Waals surface area contributed by atoms with Crippen LogP contribution in [0.1, 0.15) is 5.69 Å². The molecule has 0 radical (unpaired) electrons. The third kappa shape index (κ3) is 2.49. The van der Waals surface area contributed by atoms with Crippen molar-refractivity contribution in [2.75, 3.05) is 32.1 Å². The van der Waals surface area contributed by atoms with Crippen LogP contribution in [0, 0.1) is 0 Å². The Labute approximate surface area is 97.0 Å². The Bertz CT molecular complexity index is 382. The molecule has 1 fully saturated rings. The van der Waals surface area contributed by atoms with E-state index in [2.05, 4.69) is 15.1 Å². The first kappa shape index (κ1) is 12.1. The predicted octanol–water partition coefficient (Wildman–Crippen LogP) is 1.25. The van der Waals surface area contributed by atoms with E-state index in [-0.39, 0.29) is 0 Å². The molecule has 1 saturated heterocycles. The molecule has 0 spiro atoms. The molecule has 0 bridgehead atoms. The first-order valence-corrected chi connectivity index (χ1v) is 5.20. The molecular formula is C10H13F3N4. The van der Waals surface area contributed by atoms with Crippen LogP contribution in [0.5, 0.6) is 0 Å². The van der Waals surface area contributed by atoms with Gasteiger partial charge in [0, 0.05) is 19.1 Å². The van der Waals surface area contributed by atoms with Gasteiger partial charge in [-0.3, -0.25) is 0 Å². The average molecular weight is 246 g/mol. The number of nitrogens with zero attached hydrogens (tertiary/aromatic N) is 4. The number of anilines is 1. The molecule has 1 aromatic heterocycles. The summed E-state index contributed by atoms with van der Waals surface area (Å²) in [7, 11) is 3.95. The second kappa shape index (κ2) is 4.14. The Morgan fingerprint density at radius 3 is 2.29 bits per heavy atom. The third-order valence-electron chi connectivity index (χ3n) is 2.86. The molecule has 2 heterocycles. The molecule has 0 N–H and O–H groups in total. The Morgan fingerprint density at radius 2 is 1.88 bits per heavy atom. The van der Waals surface area contributed by atoms with Crippen molar-refractivity contribution in [2.45, 2.75) is 12.2 Å². The minimum Gasteiger partial charge on any atom is -0.352 e. The van der Waals surface area contributed by atoms with Gasteiger partial charge in [-0.1, -0.05) is 0 Å². The van der Waals surface area contributed by atoms with Crippen molar-refractivity contribution in [1.29, 1.82) is 0 Å². The second-order valence-electron chi connectivity index (χ2n) is 4.30. The van der Waals surface area contributed by atoms with Crippen LogP contribution in [-0.4, -0.2) is 48.3 Å². The molecule has 0 saturated carbocycles. The molecule has 0 aromatic carbocycles. The Balaban J connectivity index is 2.01. The van der Waals surface area contributed by atoms with Crippen molar-refractivity contribution in [3.8, 4) is 0 Å². The minimum absolute atomic E-state index is 0.430. The van der Waals surface area contributed by atoms with Gasteiger partial charge in [0.15, 0.2) is 11.5 Å². The number of hydrogen-bond donors (Lipinski definition) is 0. The largest absolute Gasteiger partial charge is 0.435 e. The maximum absolute atomic E-state index is 12.3. The zero-order chi connectivity index (χ0) is 12.6. The minimum atomic E-state index is -4.42. The monoisotopic (exact) mass is 246 g/mol. The van der Waals surface area contributed by atoms with Crippen molar-refractivity contribution in [2.24, 2.45) is 0 Å². The molecule has 0 amide bonds. The lowest BCUT2D eigenvalue weighted by atomic mass is 10.1. The highest BCUT2D eigenvalue weighted by Crippen LogP contribution is 2.28. The first-order chi connectivity index (χ1) is 7.88. The summed E-state index contributed by atoms with van der Waals surface area (Å²) < 4.78 is 36.8. The van der Waals surface area contributed by atoms with Crippen LogP contribution in [-0.2, 0) is 6.18 Å². The fraction of sp³-hybridized carbons (Fsp3) is 0.600. The van der Waals surface area contributed by atoms with Crippen LogP contribution in [0.25, 0.3) is 0 Å². The number of alkyl halides is 3. The molecule has 94 valence electrons. The van der Waals surface area contributed by atoms with Gasteiger partial charge in [0.1, 0.15) is 0 Å². The van der Waals surface area contributed by atoms with E-state index in [0.717, 1.165) is 19.2 Å². The van der Waals surface area contributed by atoms with Crippen molar-refractivity contribution < 1.29 is 13.2 Å². The van der Waals surface area contributed by atoms with Crippen LogP contribution in [0.15, 0.2) is 12.1 Å². The van der Waals surface area contributed by atoms with Crippen molar-refractivity contribution in [3.05, 3.63) is 17.8 Å². The average Bonchev–Trinajstić information content (AvgIpc) is 2.14. The second-order valence-corrected chi connectivity index (χ2v) is 4.30. The normalized spacial score (nSPS) is 17.4. The summed E-state index contributed by atoms with van der Waals surface area (Å²) in [4.78, 5) is 3.98. The lowest BCUT2D eigenvalue weighted by Gasteiger charge is -2.43. The van der Waals surface area contributed by atoms with Gasteiger partial charge in [0.25, 0.3) is 0 Å². The van der Waals surface area contributed by atoms with Crippen LogP contribution in [0.4, 0.5) is 19.0 Å². The molecule has 0 aliphatic carbocycles. The van der Waals surface area contributed by atoms with Gasteiger partial charge >= 0.3 is 6.18 Å². The van der Waals surface area contributed by atoms with Crippen LogP contribution < -0.4 is 4.90 Å². The van der Waals surface area contributed by atoms with Crippen LogP contribution >= 0.6 is 0 Å². The van der Waals surface area contributed by atoms with Gasteiger partial charge in [-0.15, -0.1) is 10.2 Å². The fourth-order valence-electron chi connectivity index (χ4n) is 1.61. The maximum atomic E-state index is 12.3. The predicted molar refractivity (Wildman–Crippen MR) is 56.7 cm³/mol. The SMILES string of the molecule is CN(C)C1CN(c2ccc(C(F)(F)F)nn2)C1. The summed E-state index contributed by atoms with van der Waals surface area (Å²) in [5.41, 5.74) is -0.953. The summed E-state index contributed by atoms with van der Waals surface area (Å²) in [5, 5.41) is 6.79. The summed E-state index contributed by atoms with van der Waals surface area (Å²) in [6, 6.07) is 2.76. The Kier molecular flexibility index (Phi) is 2.94. The van der Waals surface area contributed by atoms with Gasteiger partial charge in [-0.2, -0.15) is 13.2 Å². The van der Waals surface area contributed by atoms with Gasteiger partial charge in [0.05, 0.1) is 0 Å². The summed E-state index contributed by atoms with van der Waals surface area (Å²) >= 11 is 0. The Morgan fingerprint density at radius 1 is 1.24 bits per heavy atom. The highest BCUT2D eigenvalue weighted by atomic mass is 19.4. The number of halogens is 3. The van der Waals surface area contributed by atoms with Crippen LogP contribution in [0.3, 0.4) is 0 Å². The van der Waals surface area contributed by atoms with Gasteiger partial charge < -0.3 is 9.80 Å². The van der Waals surface area contributed by atoms with E-state index < -0.39 is 11.9 Å². The van der Waals surface area contributed by atoms with Crippen molar-refractivity contribution in [1.82, 2.24) is 15.1 Å². The standard InChI is InChI=1S/C10H13F3N4/c1-16(2)7-5-17(6-7)9-4-3-8(14-15-9)10(11,12)13/h3-4,7H,5-6H2,1-2H3. The summed E-state index contributed by atoms with van der Waals surface area (Å²) in [6.07, 6.45) is -4.42. The number of hydrogen-bond acceptors (Lipinski definition) is 4. The number of likely N-dealkylation sites (N-methyl/N-ethyl adjacent to an activating group) is 1. The molecule has 0 atom stereocenters. The lowest BCUT2D eigenvalue weighted by Crippen LogP contribution is -2.57. The highest BCUT2D eigenvalue weighted by Gasteiger charge is 2.34. The first-order valence-electron chi connectivity index (χ1n) is 5.20. The van der Waals surface area contributed by atoms with E-state index in [4.69, 9.17) is 0 Å². The lowest BCUT2D eigenvalue weighted by molar-refractivity contribution is -0.141. The molecule has 1 aliphatic rings. The molecular weight excluding hydrogens is 233 g/mol. The van der Waals surface area contributed by atoms with E-state index in [1.807, 2.05) is 19.0 Å². The Hall–Kier alpha value is -1.37. The van der Waals surface area contributed by atoms with E-state index in [1.165, 1.54) is 6.07 Å². The quantitative estimate of drug-likeness (QED) is 0.786. The highest BCUT2D eigenvalue weighted by molar-refractivity contribution is 5.41. The summed E-state index contributed by atoms with van der Waals surface area (Å²) in [5.74, 6) is 0.496. The molecule has 7 heteroatoms. The van der Waals surface area contributed by atoms with E-state index >= 15 is 0 Å². The van der Waals surface area contributed by atoms with E-state index in [9.17, 15) is 13.2 Å². The maximum Gasteiger partial charge on any atom is 0.435 e. The van der Waals surface area contributed by atoms with Gasteiger partial charge in [-0.25, -0.2) is 0 Å². The number of rotatable bonds is 2. The molecule has 2 rings (SSSR count). The van der Waals surface area contributed by atoms with E-state index in [1.54, 1.807) is 0 Å². The van der Waals surface area contributed by atoms with Crippen molar-refractivity contribution in [3.63, 3.8) is 0 Å². The van der Waals surface area contributed by atoms with Crippen LogP contribution in [0.2, 0.25) is 0 Å². The zero-order valence-corrected chi connectivity index (χ0v) is 9.57. The fourth-order valence-corrected chi connectivity index (χ4v) is 1.61. The van der Waals surface area contributed by atoms with E-state index in [0.29, 0.717) is 11.9 Å². The zero-order valence-electron chi connectivity index (χ0n) is 9.57. The molecule has 4 nitrogen and oxygen atoms in total. The van der Waals surface area contributed by atoms with Crippen molar-refractivity contribution >= 4 is 5.82 Å². The number of aromatic nitrogens is 2. The summed E-state index contributed by atoms with van der Waals surface area (Å²) in [6.45, 7) is 1.54. The van der Waals surface area contributed by atoms with Gasteiger partial charge in [-0.05, 0) is 26.2 Å². The molecule has 17 heavy (non-hydrogen) atoms. The third-order valence-corrected chi connectivity index (χ3v) is 2.86. The molecule has 1 aromatic rings. The molecule has 0 unspecified atom stereocenters. The van der Waals surface area contributed by atoms with Gasteiger partial charge in [0.2, 0.25) is 0 Å².